The zero-order valence-electron chi connectivity index (χ0n) is 13.9. The van der Waals surface area contributed by atoms with Crippen LogP contribution in [0, 0.1) is 0 Å². The molecule has 4 heteroatoms. The van der Waals surface area contributed by atoms with E-state index in [1.807, 2.05) is 0 Å². The van der Waals surface area contributed by atoms with Gasteiger partial charge in [-0.2, -0.15) is 0 Å². The second kappa shape index (κ2) is 13.1. The molecule has 0 bridgehead atoms. The molecule has 0 aromatic carbocycles. The molecule has 0 spiro atoms. The van der Waals surface area contributed by atoms with Crippen LogP contribution in [0.5, 0.6) is 0 Å². The van der Waals surface area contributed by atoms with E-state index in [2.05, 4.69) is 22.2 Å². The lowest BCUT2D eigenvalue weighted by Crippen LogP contribution is -2.21. The molecule has 2 N–H and O–H groups in total. The van der Waals surface area contributed by atoms with Crippen LogP contribution < -0.4 is 5.32 Å². The van der Waals surface area contributed by atoms with Gasteiger partial charge in [0.25, 0.3) is 0 Å². The van der Waals surface area contributed by atoms with Crippen LogP contribution in [0.2, 0.25) is 0 Å². The summed E-state index contributed by atoms with van der Waals surface area (Å²) >= 11 is 0. The number of H-pyrrole nitrogens is 1. The highest BCUT2D eigenvalue weighted by molar-refractivity contribution is 5.91. The van der Waals surface area contributed by atoms with E-state index in [4.69, 9.17) is 0 Å². The van der Waals surface area contributed by atoms with Gasteiger partial charge >= 0.3 is 0 Å². The molecule has 0 fully saturated rings. The van der Waals surface area contributed by atoms with E-state index in [1.54, 1.807) is 24.7 Å². The Kier molecular flexibility index (Phi) is 11.0. The SMILES string of the molecule is CCCCCCCCCCCCNC(=O)C=Cc1cnc[nH]1. The fraction of sp³-hybridized carbons (Fsp3) is 0.667. The first-order valence-electron chi connectivity index (χ1n) is 8.77. The molecule has 1 aromatic rings. The Bertz CT molecular complexity index is 398. The summed E-state index contributed by atoms with van der Waals surface area (Å²) in [7, 11) is 0. The number of rotatable bonds is 13. The van der Waals surface area contributed by atoms with Gasteiger partial charge in [0, 0.05) is 12.6 Å². The van der Waals surface area contributed by atoms with Crippen molar-refractivity contribution in [3.8, 4) is 0 Å². The van der Waals surface area contributed by atoms with Crippen molar-refractivity contribution in [2.45, 2.75) is 71.1 Å². The molecule has 4 nitrogen and oxygen atoms in total. The maximum atomic E-state index is 11.6. The summed E-state index contributed by atoms with van der Waals surface area (Å²) in [5.41, 5.74) is 0.842. The Morgan fingerprint density at radius 1 is 1.09 bits per heavy atom. The van der Waals surface area contributed by atoms with Crippen LogP contribution in [-0.2, 0) is 4.79 Å². The van der Waals surface area contributed by atoms with Gasteiger partial charge in [0.2, 0.25) is 5.91 Å². The lowest BCUT2D eigenvalue weighted by atomic mass is 10.1. The molecule has 1 rings (SSSR count). The second-order valence-electron chi connectivity index (χ2n) is 5.81. The maximum absolute atomic E-state index is 11.6. The molecule has 0 aliphatic rings. The summed E-state index contributed by atoms with van der Waals surface area (Å²) in [6.07, 6.45) is 19.7. The highest BCUT2D eigenvalue weighted by Gasteiger charge is 1.96. The van der Waals surface area contributed by atoms with Gasteiger partial charge in [0.1, 0.15) is 0 Å². The average molecular weight is 305 g/mol. The summed E-state index contributed by atoms with van der Waals surface area (Å²) in [4.78, 5) is 18.4. The molecule has 0 unspecified atom stereocenters. The van der Waals surface area contributed by atoms with Crippen molar-refractivity contribution in [3.05, 3.63) is 24.3 Å². The number of hydrogen-bond acceptors (Lipinski definition) is 2. The highest BCUT2D eigenvalue weighted by Crippen LogP contribution is 2.10. The summed E-state index contributed by atoms with van der Waals surface area (Å²) in [5.74, 6) is -0.0366. The highest BCUT2D eigenvalue weighted by atomic mass is 16.1. The van der Waals surface area contributed by atoms with E-state index < -0.39 is 0 Å². The third kappa shape index (κ3) is 10.2. The number of amides is 1. The summed E-state index contributed by atoms with van der Waals surface area (Å²) in [5, 5.41) is 2.91. The van der Waals surface area contributed by atoms with Crippen LogP contribution in [-0.4, -0.2) is 22.4 Å². The first-order valence-corrected chi connectivity index (χ1v) is 8.77. The zero-order chi connectivity index (χ0) is 15.9. The number of unbranched alkanes of at least 4 members (excludes halogenated alkanes) is 9. The van der Waals surface area contributed by atoms with Crippen LogP contribution in [0.1, 0.15) is 76.8 Å². The Morgan fingerprint density at radius 3 is 2.32 bits per heavy atom. The molecule has 1 aromatic heterocycles. The largest absolute Gasteiger partial charge is 0.353 e. The molecule has 1 amide bonds. The Hall–Kier alpha value is -1.58. The fourth-order valence-corrected chi connectivity index (χ4v) is 2.41. The Morgan fingerprint density at radius 2 is 1.73 bits per heavy atom. The normalized spacial score (nSPS) is 11.1. The number of carbonyl (C=O) groups excluding carboxylic acids is 1. The van der Waals surface area contributed by atoms with E-state index in [0.29, 0.717) is 0 Å². The third-order valence-electron chi connectivity index (χ3n) is 3.76. The molecule has 0 aliphatic heterocycles. The standard InChI is InChI=1S/C18H31N3O/c1-2-3-4-5-6-7-8-9-10-11-14-20-18(22)13-12-17-15-19-16-21-17/h12-13,15-16H,2-11,14H2,1H3,(H,19,21)(H,20,22). The molecule has 0 saturated carbocycles. The molecule has 22 heavy (non-hydrogen) atoms. The van der Waals surface area contributed by atoms with E-state index >= 15 is 0 Å². The van der Waals surface area contributed by atoms with Gasteiger partial charge in [0.05, 0.1) is 18.2 Å². The van der Waals surface area contributed by atoms with Crippen molar-refractivity contribution in [1.82, 2.24) is 15.3 Å². The van der Waals surface area contributed by atoms with Crippen LogP contribution in [0.15, 0.2) is 18.6 Å². The van der Waals surface area contributed by atoms with Gasteiger partial charge in [-0.05, 0) is 12.5 Å². The van der Waals surface area contributed by atoms with E-state index in [0.717, 1.165) is 18.7 Å². The van der Waals surface area contributed by atoms with Crippen LogP contribution in [0.3, 0.4) is 0 Å². The average Bonchev–Trinajstić information content (AvgIpc) is 3.04. The minimum Gasteiger partial charge on any atom is -0.353 e. The summed E-state index contributed by atoms with van der Waals surface area (Å²) in [6, 6.07) is 0. The predicted octanol–water partition coefficient (Wildman–Crippen LogP) is 4.46. The lowest BCUT2D eigenvalue weighted by molar-refractivity contribution is -0.116. The topological polar surface area (TPSA) is 57.8 Å². The molecule has 0 saturated heterocycles. The minimum absolute atomic E-state index is 0.0366. The zero-order valence-corrected chi connectivity index (χ0v) is 13.9. The van der Waals surface area contributed by atoms with Crippen molar-refractivity contribution < 1.29 is 4.79 Å². The molecule has 0 atom stereocenters. The summed E-state index contributed by atoms with van der Waals surface area (Å²) < 4.78 is 0. The molecule has 124 valence electrons. The molecule has 0 aliphatic carbocycles. The maximum Gasteiger partial charge on any atom is 0.244 e. The van der Waals surface area contributed by atoms with Gasteiger partial charge in [-0.3, -0.25) is 4.79 Å². The van der Waals surface area contributed by atoms with Crippen molar-refractivity contribution in [1.29, 1.82) is 0 Å². The predicted molar refractivity (Wildman–Crippen MR) is 92.5 cm³/mol. The van der Waals surface area contributed by atoms with Gasteiger partial charge in [-0.1, -0.05) is 64.7 Å². The van der Waals surface area contributed by atoms with Crippen LogP contribution >= 0.6 is 0 Å². The Labute approximate surface area is 134 Å². The number of carbonyl (C=O) groups is 1. The number of aromatic amines is 1. The molecule has 1 heterocycles. The smallest absolute Gasteiger partial charge is 0.244 e. The third-order valence-corrected chi connectivity index (χ3v) is 3.76. The van der Waals surface area contributed by atoms with Gasteiger partial charge in [-0.15, -0.1) is 0 Å². The number of nitrogens with one attached hydrogen (secondary N) is 2. The fourth-order valence-electron chi connectivity index (χ4n) is 2.41. The van der Waals surface area contributed by atoms with E-state index in [-0.39, 0.29) is 5.91 Å². The first-order chi connectivity index (χ1) is 10.8. The molecular formula is C18H31N3O. The summed E-state index contributed by atoms with van der Waals surface area (Å²) in [6.45, 7) is 3.02. The van der Waals surface area contributed by atoms with Crippen molar-refractivity contribution in [3.63, 3.8) is 0 Å². The number of imidazole rings is 1. The molecule has 0 radical (unpaired) electrons. The van der Waals surface area contributed by atoms with E-state index in [1.165, 1.54) is 57.8 Å². The Balaban J connectivity index is 1.86. The van der Waals surface area contributed by atoms with Gasteiger partial charge in [0.15, 0.2) is 0 Å². The van der Waals surface area contributed by atoms with Crippen LogP contribution in [0.25, 0.3) is 6.08 Å². The van der Waals surface area contributed by atoms with Crippen molar-refractivity contribution >= 4 is 12.0 Å². The van der Waals surface area contributed by atoms with E-state index in [9.17, 15) is 4.79 Å². The number of nitrogens with zero attached hydrogens (tertiary/aromatic N) is 1. The lowest BCUT2D eigenvalue weighted by Gasteiger charge is -2.03. The van der Waals surface area contributed by atoms with Crippen molar-refractivity contribution in [2.75, 3.05) is 6.54 Å². The molecular weight excluding hydrogens is 274 g/mol. The van der Waals surface area contributed by atoms with Gasteiger partial charge < -0.3 is 10.3 Å². The van der Waals surface area contributed by atoms with Gasteiger partial charge in [-0.25, -0.2) is 4.98 Å². The monoisotopic (exact) mass is 305 g/mol. The second-order valence-corrected chi connectivity index (χ2v) is 5.81. The number of hydrogen-bond donors (Lipinski definition) is 2. The quantitative estimate of drug-likeness (QED) is 0.417. The van der Waals surface area contributed by atoms with Crippen LogP contribution in [0.4, 0.5) is 0 Å². The number of aromatic nitrogens is 2. The first kappa shape index (κ1) is 18.5. The van der Waals surface area contributed by atoms with Crippen molar-refractivity contribution in [2.24, 2.45) is 0 Å². The minimum atomic E-state index is -0.0366.